The van der Waals surface area contributed by atoms with Crippen molar-refractivity contribution in [3.8, 4) is 0 Å². The van der Waals surface area contributed by atoms with E-state index in [-0.39, 0.29) is 5.91 Å². The van der Waals surface area contributed by atoms with Gasteiger partial charge in [-0.1, -0.05) is 37.3 Å². The highest BCUT2D eigenvalue weighted by Crippen LogP contribution is 2.20. The molecule has 2 nitrogen and oxygen atoms in total. The second-order valence-corrected chi connectivity index (χ2v) is 4.11. The van der Waals surface area contributed by atoms with Crippen LogP contribution in [0.5, 0.6) is 0 Å². The normalized spacial score (nSPS) is 18.1. The van der Waals surface area contributed by atoms with E-state index in [4.69, 9.17) is 0 Å². The maximum atomic E-state index is 11.6. The number of likely N-dealkylation sites (tertiary alicyclic amines) is 1. The summed E-state index contributed by atoms with van der Waals surface area (Å²) in [5, 5.41) is 0. The quantitative estimate of drug-likeness (QED) is 0.649. The molecule has 1 aliphatic heterocycles. The van der Waals surface area contributed by atoms with Crippen LogP contribution in [0.4, 0.5) is 0 Å². The molecule has 0 aliphatic carbocycles. The van der Waals surface area contributed by atoms with Crippen LogP contribution in [0.2, 0.25) is 0 Å². The maximum absolute atomic E-state index is 11.6. The molecule has 0 bridgehead atoms. The molecule has 1 heterocycles. The van der Waals surface area contributed by atoms with E-state index in [1.165, 1.54) is 0 Å². The van der Waals surface area contributed by atoms with Crippen molar-refractivity contribution in [2.45, 2.75) is 39.5 Å². The molecule has 0 aromatic carbocycles. The molecule has 1 fully saturated rings. The molecule has 0 atom stereocenters. The van der Waals surface area contributed by atoms with Gasteiger partial charge in [0.05, 0.1) is 0 Å². The molecular weight excluding hydrogens is 198 g/mol. The lowest BCUT2D eigenvalue weighted by Gasteiger charge is -2.19. The SMILES string of the molecule is C=C/C(C)=C\C/C(=C\CC)N1CCCC1=O. The van der Waals surface area contributed by atoms with Gasteiger partial charge in [0.25, 0.3) is 0 Å². The number of allylic oxidation sites excluding steroid dienone is 4. The number of nitrogens with zero attached hydrogens (tertiary/aromatic N) is 1. The Morgan fingerprint density at radius 3 is 2.75 bits per heavy atom. The molecule has 0 aromatic rings. The highest BCUT2D eigenvalue weighted by molar-refractivity contribution is 5.80. The average molecular weight is 219 g/mol. The van der Waals surface area contributed by atoms with Gasteiger partial charge < -0.3 is 4.90 Å². The van der Waals surface area contributed by atoms with E-state index < -0.39 is 0 Å². The Morgan fingerprint density at radius 1 is 1.50 bits per heavy atom. The van der Waals surface area contributed by atoms with E-state index in [9.17, 15) is 4.79 Å². The number of hydrogen-bond acceptors (Lipinski definition) is 1. The second-order valence-electron chi connectivity index (χ2n) is 4.11. The predicted molar refractivity (Wildman–Crippen MR) is 67.9 cm³/mol. The molecular formula is C14H21NO. The molecule has 2 heteroatoms. The number of rotatable bonds is 5. The predicted octanol–water partition coefficient (Wildman–Crippen LogP) is 3.43. The van der Waals surface area contributed by atoms with Crippen LogP contribution in [0.3, 0.4) is 0 Å². The lowest BCUT2D eigenvalue weighted by atomic mass is 10.1. The maximum Gasteiger partial charge on any atom is 0.226 e. The van der Waals surface area contributed by atoms with Crippen molar-refractivity contribution >= 4 is 5.91 Å². The van der Waals surface area contributed by atoms with Crippen molar-refractivity contribution in [3.05, 3.63) is 36.1 Å². The average Bonchev–Trinajstić information content (AvgIpc) is 2.70. The first-order valence-electron chi connectivity index (χ1n) is 5.97. The molecule has 88 valence electrons. The van der Waals surface area contributed by atoms with Crippen molar-refractivity contribution in [1.82, 2.24) is 4.90 Å². The van der Waals surface area contributed by atoms with E-state index in [0.29, 0.717) is 6.42 Å². The van der Waals surface area contributed by atoms with Crippen LogP contribution in [-0.4, -0.2) is 17.4 Å². The number of amides is 1. The lowest BCUT2D eigenvalue weighted by molar-refractivity contribution is -0.126. The Labute approximate surface area is 98.3 Å². The molecule has 16 heavy (non-hydrogen) atoms. The number of carbonyl (C=O) groups excluding carboxylic acids is 1. The smallest absolute Gasteiger partial charge is 0.226 e. The minimum atomic E-state index is 0.268. The molecule has 0 N–H and O–H groups in total. The Balaban J connectivity index is 2.72. The zero-order valence-electron chi connectivity index (χ0n) is 10.3. The summed E-state index contributed by atoms with van der Waals surface area (Å²) in [5.41, 5.74) is 2.31. The van der Waals surface area contributed by atoms with Gasteiger partial charge in [0.2, 0.25) is 5.91 Å². The third-order valence-corrected chi connectivity index (χ3v) is 2.82. The van der Waals surface area contributed by atoms with Crippen LogP contribution in [0.1, 0.15) is 39.5 Å². The first-order chi connectivity index (χ1) is 7.69. The molecule has 0 radical (unpaired) electrons. The summed E-state index contributed by atoms with van der Waals surface area (Å²) < 4.78 is 0. The van der Waals surface area contributed by atoms with Crippen molar-refractivity contribution in [2.75, 3.05) is 6.54 Å². The lowest BCUT2D eigenvalue weighted by Crippen LogP contribution is -2.23. The summed E-state index contributed by atoms with van der Waals surface area (Å²) in [5.74, 6) is 0.268. The van der Waals surface area contributed by atoms with Gasteiger partial charge in [-0.05, 0) is 19.8 Å². The van der Waals surface area contributed by atoms with Gasteiger partial charge in [-0.15, -0.1) is 0 Å². The standard InChI is InChI=1S/C14H21NO/c1-4-7-13(10-9-12(3)5-2)15-11-6-8-14(15)16/h5,7,9H,2,4,6,8,10-11H2,1,3H3/b12-9-,13-7+. The van der Waals surface area contributed by atoms with Crippen LogP contribution in [0.25, 0.3) is 0 Å². The van der Waals surface area contributed by atoms with Crippen LogP contribution in [0.15, 0.2) is 36.1 Å². The molecule has 0 unspecified atom stereocenters. The van der Waals surface area contributed by atoms with Crippen molar-refractivity contribution in [1.29, 1.82) is 0 Å². The van der Waals surface area contributed by atoms with E-state index >= 15 is 0 Å². The topological polar surface area (TPSA) is 20.3 Å². The first kappa shape index (κ1) is 12.8. The Bertz CT molecular complexity index is 326. The third kappa shape index (κ3) is 3.37. The summed E-state index contributed by atoms with van der Waals surface area (Å²) >= 11 is 0. The van der Waals surface area contributed by atoms with Crippen LogP contribution >= 0.6 is 0 Å². The largest absolute Gasteiger partial charge is 0.316 e. The minimum Gasteiger partial charge on any atom is -0.316 e. The minimum absolute atomic E-state index is 0.268. The monoisotopic (exact) mass is 219 g/mol. The van der Waals surface area contributed by atoms with Crippen molar-refractivity contribution < 1.29 is 4.79 Å². The Kier molecular flexibility index (Phi) is 5.03. The molecule has 0 aromatic heterocycles. The van der Waals surface area contributed by atoms with Gasteiger partial charge in [0.15, 0.2) is 0 Å². The first-order valence-corrected chi connectivity index (χ1v) is 5.97. The summed E-state index contributed by atoms with van der Waals surface area (Å²) in [6.45, 7) is 8.74. The van der Waals surface area contributed by atoms with Gasteiger partial charge in [0.1, 0.15) is 0 Å². The molecule has 1 aliphatic rings. The van der Waals surface area contributed by atoms with E-state index in [0.717, 1.165) is 37.1 Å². The van der Waals surface area contributed by atoms with Crippen LogP contribution in [-0.2, 0) is 4.79 Å². The van der Waals surface area contributed by atoms with E-state index in [2.05, 4.69) is 25.7 Å². The number of carbonyl (C=O) groups is 1. The van der Waals surface area contributed by atoms with Crippen molar-refractivity contribution in [2.24, 2.45) is 0 Å². The summed E-state index contributed by atoms with van der Waals surface area (Å²) in [7, 11) is 0. The van der Waals surface area contributed by atoms with Crippen molar-refractivity contribution in [3.63, 3.8) is 0 Å². The summed E-state index contributed by atoms with van der Waals surface area (Å²) in [4.78, 5) is 13.6. The zero-order valence-corrected chi connectivity index (χ0v) is 10.3. The fraction of sp³-hybridized carbons (Fsp3) is 0.500. The highest BCUT2D eigenvalue weighted by atomic mass is 16.2. The molecule has 0 saturated carbocycles. The summed E-state index contributed by atoms with van der Waals surface area (Å²) in [6, 6.07) is 0. The third-order valence-electron chi connectivity index (χ3n) is 2.82. The van der Waals surface area contributed by atoms with Gasteiger partial charge in [-0.3, -0.25) is 4.79 Å². The van der Waals surface area contributed by atoms with E-state index in [1.54, 1.807) is 0 Å². The zero-order chi connectivity index (χ0) is 12.0. The Morgan fingerprint density at radius 2 is 2.25 bits per heavy atom. The van der Waals surface area contributed by atoms with Gasteiger partial charge in [-0.2, -0.15) is 0 Å². The molecule has 1 rings (SSSR count). The highest BCUT2D eigenvalue weighted by Gasteiger charge is 2.22. The van der Waals surface area contributed by atoms with Crippen LogP contribution < -0.4 is 0 Å². The summed E-state index contributed by atoms with van der Waals surface area (Å²) in [6.07, 6.45) is 9.61. The van der Waals surface area contributed by atoms with Gasteiger partial charge in [-0.25, -0.2) is 0 Å². The fourth-order valence-electron chi connectivity index (χ4n) is 1.84. The molecule has 1 saturated heterocycles. The Hall–Kier alpha value is -1.31. The molecule has 0 spiro atoms. The van der Waals surface area contributed by atoms with Gasteiger partial charge >= 0.3 is 0 Å². The molecule has 1 amide bonds. The fourth-order valence-corrected chi connectivity index (χ4v) is 1.84. The van der Waals surface area contributed by atoms with Gasteiger partial charge in [0, 0.05) is 25.1 Å². The van der Waals surface area contributed by atoms with E-state index in [1.807, 2.05) is 17.9 Å². The van der Waals surface area contributed by atoms with Crippen LogP contribution in [0, 0.1) is 0 Å². The number of hydrogen-bond donors (Lipinski definition) is 0. The second kappa shape index (κ2) is 6.31.